The second kappa shape index (κ2) is 9.91. The second-order valence-corrected chi connectivity index (χ2v) is 10.7. The largest absolute Gasteiger partial charge is 0.227 e. The fourth-order valence-electron chi connectivity index (χ4n) is 1.95. The molecule has 2 rings (SSSR count). The lowest BCUT2D eigenvalue weighted by atomic mass is 10.4. The van der Waals surface area contributed by atoms with E-state index in [9.17, 15) is 16.8 Å². The Balaban J connectivity index is 2.54. The minimum absolute atomic E-state index is 0.137. The number of benzene rings is 2. The van der Waals surface area contributed by atoms with E-state index < -0.39 is 38.7 Å². The van der Waals surface area contributed by atoms with E-state index >= 15 is 0 Å². The van der Waals surface area contributed by atoms with Crippen molar-refractivity contribution >= 4 is 72.1 Å². The van der Waals surface area contributed by atoms with Crippen LogP contribution in [0.25, 0.3) is 0 Å². The van der Waals surface area contributed by atoms with Crippen LogP contribution in [0, 0.1) is 0 Å². The third-order valence-corrected chi connectivity index (χ3v) is 7.80. The zero-order valence-corrected chi connectivity index (χ0v) is 18.8. The van der Waals surface area contributed by atoms with Gasteiger partial charge in [0, 0.05) is 0 Å². The van der Waals surface area contributed by atoms with Crippen LogP contribution in [-0.4, -0.2) is 22.8 Å². The highest BCUT2D eigenvalue weighted by Crippen LogP contribution is 2.28. The Labute approximate surface area is 187 Å². The van der Waals surface area contributed by atoms with Crippen molar-refractivity contribution in [2.24, 2.45) is 9.98 Å². The SMILES string of the molecule is O=S(=O)(C(N=C=NC(=C(Cl)Cl)S(=O)(=O)c1ccccc1)=C(Cl)Cl)c1ccccc1. The molecule has 0 saturated carbocycles. The molecule has 0 aliphatic carbocycles. The van der Waals surface area contributed by atoms with Gasteiger partial charge in [-0.3, -0.25) is 0 Å². The molecule has 0 unspecified atom stereocenters. The summed E-state index contributed by atoms with van der Waals surface area (Å²) in [5, 5.41) is -1.56. The van der Waals surface area contributed by atoms with E-state index in [0.717, 1.165) is 0 Å². The zero-order chi connectivity index (χ0) is 21.7. The molecular formula is C17H10Cl4N2O4S2. The maximum absolute atomic E-state index is 12.6. The Morgan fingerprint density at radius 3 is 1.21 bits per heavy atom. The Morgan fingerprint density at radius 1 is 0.621 bits per heavy atom. The van der Waals surface area contributed by atoms with E-state index in [1.165, 1.54) is 48.5 Å². The molecule has 0 aromatic heterocycles. The monoisotopic (exact) mass is 510 g/mol. The molecule has 2 aromatic rings. The molecule has 0 bridgehead atoms. The molecule has 0 saturated heterocycles. The Hall–Kier alpha value is -1.64. The van der Waals surface area contributed by atoms with Crippen LogP contribution < -0.4 is 0 Å². The lowest BCUT2D eigenvalue weighted by Gasteiger charge is -2.04. The fraction of sp³-hybridized carbons (Fsp3) is 0. The summed E-state index contributed by atoms with van der Waals surface area (Å²) in [5.41, 5.74) is 0. The van der Waals surface area contributed by atoms with Gasteiger partial charge >= 0.3 is 0 Å². The first-order valence-corrected chi connectivity index (χ1v) is 11.9. The molecule has 0 aliphatic heterocycles. The molecule has 0 aliphatic rings. The highest BCUT2D eigenvalue weighted by molar-refractivity contribution is 7.95. The Kier molecular flexibility index (Phi) is 8.08. The lowest BCUT2D eigenvalue weighted by molar-refractivity contribution is 0.600. The molecule has 0 radical (unpaired) electrons. The summed E-state index contributed by atoms with van der Waals surface area (Å²) >= 11 is 22.6. The predicted molar refractivity (Wildman–Crippen MR) is 115 cm³/mol. The number of sulfone groups is 2. The Bertz CT molecular complexity index is 1130. The van der Waals surface area contributed by atoms with E-state index in [0.29, 0.717) is 0 Å². The summed E-state index contributed by atoms with van der Waals surface area (Å²) < 4.78 is 49.1. The topological polar surface area (TPSA) is 93.0 Å². The first kappa shape index (κ1) is 23.6. The lowest BCUT2D eigenvalue weighted by Crippen LogP contribution is -2.05. The number of hydrogen-bond donors (Lipinski definition) is 0. The first-order chi connectivity index (χ1) is 13.6. The average Bonchev–Trinajstić information content (AvgIpc) is 2.68. The smallest absolute Gasteiger partial charge is 0.217 e. The predicted octanol–water partition coefficient (Wildman–Crippen LogP) is 5.32. The number of halogens is 4. The van der Waals surface area contributed by atoms with Crippen LogP contribution in [0.15, 0.2) is 99.5 Å². The molecule has 0 N–H and O–H groups in total. The van der Waals surface area contributed by atoms with Crippen LogP contribution in [0.3, 0.4) is 0 Å². The second-order valence-electron chi connectivity index (χ2n) is 5.09. The van der Waals surface area contributed by atoms with Crippen molar-refractivity contribution in [3.63, 3.8) is 0 Å². The van der Waals surface area contributed by atoms with Gasteiger partial charge in [-0.25, -0.2) is 16.8 Å². The quantitative estimate of drug-likeness (QED) is 0.490. The van der Waals surface area contributed by atoms with Gasteiger partial charge in [-0.2, -0.15) is 9.98 Å². The van der Waals surface area contributed by atoms with Crippen molar-refractivity contribution in [1.29, 1.82) is 0 Å². The van der Waals surface area contributed by atoms with Crippen LogP contribution in [0.1, 0.15) is 0 Å². The zero-order valence-electron chi connectivity index (χ0n) is 14.1. The number of rotatable bonds is 6. The highest BCUT2D eigenvalue weighted by atomic mass is 35.5. The normalized spacial score (nSPS) is 11.2. The molecule has 2 aromatic carbocycles. The van der Waals surface area contributed by atoms with E-state index in [1.807, 2.05) is 6.01 Å². The van der Waals surface area contributed by atoms with Gasteiger partial charge in [0.25, 0.3) is 0 Å². The van der Waals surface area contributed by atoms with Crippen LogP contribution in [0.5, 0.6) is 0 Å². The average molecular weight is 512 g/mol. The van der Waals surface area contributed by atoms with Gasteiger partial charge in [-0.05, 0) is 24.3 Å². The van der Waals surface area contributed by atoms with Gasteiger partial charge < -0.3 is 0 Å². The van der Waals surface area contributed by atoms with Gasteiger partial charge in [-0.15, -0.1) is 0 Å². The van der Waals surface area contributed by atoms with Crippen molar-refractivity contribution in [1.82, 2.24) is 0 Å². The number of nitrogens with zero attached hydrogens (tertiary/aromatic N) is 2. The van der Waals surface area contributed by atoms with Gasteiger partial charge in [0.05, 0.1) is 9.79 Å². The minimum Gasteiger partial charge on any atom is -0.217 e. The van der Waals surface area contributed by atoms with Gasteiger partial charge in [0.2, 0.25) is 29.7 Å². The summed E-state index contributed by atoms with van der Waals surface area (Å²) in [4.78, 5) is 6.72. The third kappa shape index (κ3) is 5.71. The summed E-state index contributed by atoms with van der Waals surface area (Å²) in [5.74, 6) is 0. The van der Waals surface area contributed by atoms with Crippen molar-refractivity contribution < 1.29 is 16.8 Å². The maximum Gasteiger partial charge on any atom is 0.227 e. The molecule has 0 atom stereocenters. The van der Waals surface area contributed by atoms with E-state index in [1.54, 1.807) is 12.1 Å². The molecule has 0 heterocycles. The summed E-state index contributed by atoms with van der Waals surface area (Å²) in [6, 6.07) is 16.4. The van der Waals surface area contributed by atoms with Gasteiger partial charge in [-0.1, -0.05) is 82.8 Å². The number of aliphatic imine (C=N–C) groups is 2. The molecule has 0 amide bonds. The van der Waals surface area contributed by atoms with Gasteiger partial charge in [0.1, 0.15) is 15.0 Å². The van der Waals surface area contributed by atoms with E-state index in [-0.39, 0.29) is 9.79 Å². The van der Waals surface area contributed by atoms with Crippen LogP contribution in [0.4, 0.5) is 0 Å². The molecule has 0 fully saturated rings. The molecule has 6 nitrogen and oxygen atoms in total. The molecule has 0 spiro atoms. The van der Waals surface area contributed by atoms with Crippen molar-refractivity contribution in [3.8, 4) is 0 Å². The van der Waals surface area contributed by atoms with Crippen molar-refractivity contribution in [2.45, 2.75) is 9.79 Å². The van der Waals surface area contributed by atoms with E-state index in [2.05, 4.69) is 9.98 Å². The maximum atomic E-state index is 12.6. The molecule has 12 heteroatoms. The van der Waals surface area contributed by atoms with Crippen molar-refractivity contribution in [3.05, 3.63) is 79.7 Å². The Morgan fingerprint density at radius 2 is 0.931 bits per heavy atom. The third-order valence-electron chi connectivity index (χ3n) is 3.24. The first-order valence-electron chi connectivity index (χ1n) is 7.45. The summed E-state index contributed by atoms with van der Waals surface area (Å²) in [6.45, 7) is 0. The highest BCUT2D eigenvalue weighted by Gasteiger charge is 2.25. The molecule has 152 valence electrons. The number of hydrogen-bond acceptors (Lipinski definition) is 6. The summed E-state index contributed by atoms with van der Waals surface area (Å²) in [7, 11) is -8.42. The standard InChI is InChI=1S/C17H10Cl4N2O4S2/c18-14(19)16(28(24,25)12-7-3-1-4-8-12)22-11-23-17(15(20)21)29(26,27)13-9-5-2-6-10-13/h1-10H. The van der Waals surface area contributed by atoms with Crippen molar-refractivity contribution in [2.75, 3.05) is 0 Å². The molecular weight excluding hydrogens is 502 g/mol. The van der Waals surface area contributed by atoms with Crippen LogP contribution in [0.2, 0.25) is 0 Å². The van der Waals surface area contributed by atoms with E-state index in [4.69, 9.17) is 46.4 Å². The summed E-state index contributed by atoms with van der Waals surface area (Å²) in [6.07, 6.45) is 0. The minimum atomic E-state index is -4.21. The fourth-order valence-corrected chi connectivity index (χ4v) is 5.54. The van der Waals surface area contributed by atoms with Crippen LogP contribution in [-0.2, 0) is 19.7 Å². The molecule has 29 heavy (non-hydrogen) atoms. The van der Waals surface area contributed by atoms with Crippen LogP contribution >= 0.6 is 46.4 Å². The van der Waals surface area contributed by atoms with Gasteiger partial charge in [0.15, 0.2) is 0 Å².